The van der Waals surface area contributed by atoms with E-state index in [1.54, 1.807) is 43.4 Å². The number of ketones is 1. The van der Waals surface area contributed by atoms with Crippen molar-refractivity contribution < 1.29 is 59.2 Å². The maximum Gasteiger partial charge on any atom is 0.264 e. The second-order valence-corrected chi connectivity index (χ2v) is 10.5. The van der Waals surface area contributed by atoms with Crippen LogP contribution in [-0.4, -0.2) is 122 Å². The molecular weight excluding hydrogens is 592 g/mol. The summed E-state index contributed by atoms with van der Waals surface area (Å²) < 4.78 is 16.4. The van der Waals surface area contributed by atoms with Gasteiger partial charge in [0.25, 0.3) is 5.91 Å². The molecule has 0 aromatic heterocycles. The summed E-state index contributed by atoms with van der Waals surface area (Å²) in [5, 5.41) is 62.3. The van der Waals surface area contributed by atoms with Crippen molar-refractivity contribution in [3.05, 3.63) is 71.0 Å². The highest BCUT2D eigenvalue weighted by atomic mass is 35.5. The summed E-state index contributed by atoms with van der Waals surface area (Å²) in [6, 6.07) is -1.57. The molecule has 3 rings (SSSR count). The molecule has 0 aromatic rings. The third-order valence-electron chi connectivity index (χ3n) is 6.70. The number of aliphatic hydroxyl groups is 6. The number of rotatable bonds is 10. The molecule has 9 atom stereocenters. The zero-order chi connectivity index (χ0) is 31.8. The van der Waals surface area contributed by atoms with Crippen LogP contribution in [0.15, 0.2) is 71.0 Å². The van der Waals surface area contributed by atoms with Crippen LogP contribution < -0.4 is 5.73 Å². The predicted molar refractivity (Wildman–Crippen MR) is 150 cm³/mol. The number of ether oxygens (including phenoxy) is 3. The molecule has 236 valence electrons. The van der Waals surface area contributed by atoms with Crippen LogP contribution in [-0.2, 0) is 28.6 Å². The van der Waals surface area contributed by atoms with Gasteiger partial charge in [-0.15, -0.1) is 0 Å². The Labute approximate surface area is 251 Å². The fourth-order valence-electron chi connectivity index (χ4n) is 4.54. The Hall–Kier alpha value is -3.18. The molecule has 8 N–H and O–H groups in total. The first-order valence-corrected chi connectivity index (χ1v) is 13.6. The molecule has 0 spiro atoms. The summed E-state index contributed by atoms with van der Waals surface area (Å²) in [6.07, 6.45) is 0.215. The van der Waals surface area contributed by atoms with E-state index in [1.165, 1.54) is 12.2 Å². The van der Waals surface area contributed by atoms with Crippen molar-refractivity contribution in [2.75, 3.05) is 13.2 Å². The molecule has 3 saturated heterocycles. The highest BCUT2D eigenvalue weighted by Crippen LogP contribution is 2.34. The van der Waals surface area contributed by atoms with Gasteiger partial charge in [0, 0.05) is 5.03 Å². The largest absolute Gasteiger partial charge is 0.507 e. The van der Waals surface area contributed by atoms with Gasteiger partial charge < -0.3 is 50.6 Å². The Balaban J connectivity index is 1.88. The third-order valence-corrected chi connectivity index (χ3v) is 6.83. The highest BCUT2D eigenvalue weighted by Gasteiger charge is 2.55. The first kappa shape index (κ1) is 34.3. The lowest BCUT2D eigenvalue weighted by Gasteiger charge is -2.45. The molecule has 3 fully saturated rings. The quantitative estimate of drug-likeness (QED) is 0.0651. The topological polar surface area (TPSA) is 230 Å². The molecule has 2 amide bonds. The molecule has 15 heteroatoms. The first-order chi connectivity index (χ1) is 20.3. The Kier molecular flexibility index (Phi) is 12.4. The van der Waals surface area contributed by atoms with Crippen molar-refractivity contribution in [2.45, 2.75) is 68.5 Å². The molecule has 3 aliphatic rings. The number of carbonyl (C=O) groups excluding carboxylic acids is 3. The standard InChI is InChI=1S/C28H35ClN2O12/c1-14(29)9-7-5-3-2-4-6-8-10-16(32)20-21(36)15(11-19(30)35)31(26(20)40)27-25(23(38)18(34)12-41-27)43-28-24(39)22(37)17(33)13-42-28/h2-10,15,17-18,22-25,27-28,32-34,37-39H,11-13H2,1H3,(H2,30,35). The molecule has 0 radical (unpaired) electrons. The van der Waals surface area contributed by atoms with Crippen LogP contribution in [0.4, 0.5) is 0 Å². The number of hydrogen-bond donors (Lipinski definition) is 7. The molecule has 3 heterocycles. The summed E-state index contributed by atoms with van der Waals surface area (Å²) in [5.41, 5.74) is 4.64. The summed E-state index contributed by atoms with van der Waals surface area (Å²) in [4.78, 5) is 39.4. The SMILES string of the molecule is CC(Cl)=CC=CC=CC=CC=CC(O)=C1C(=O)C(CC(N)=O)N(C2OCC(O)C(O)C2OC2OCC(O)C(O)C2O)C1=O. The van der Waals surface area contributed by atoms with E-state index in [1.807, 2.05) is 0 Å². The van der Waals surface area contributed by atoms with Gasteiger partial charge in [-0.25, -0.2) is 0 Å². The summed E-state index contributed by atoms with van der Waals surface area (Å²) >= 11 is 5.72. The molecular formula is C28H35ClN2O12. The fraction of sp³-hybridized carbons (Fsp3) is 0.464. The first-order valence-electron chi connectivity index (χ1n) is 13.2. The van der Waals surface area contributed by atoms with Crippen LogP contribution >= 0.6 is 11.6 Å². The van der Waals surface area contributed by atoms with Gasteiger partial charge >= 0.3 is 0 Å². The van der Waals surface area contributed by atoms with Crippen LogP contribution in [0.1, 0.15) is 13.3 Å². The predicted octanol–water partition coefficient (Wildman–Crippen LogP) is -1.28. The number of nitrogens with two attached hydrogens (primary N) is 1. The molecule has 0 saturated carbocycles. The van der Waals surface area contributed by atoms with Crippen LogP contribution in [0.25, 0.3) is 0 Å². The van der Waals surface area contributed by atoms with Gasteiger partial charge in [0.1, 0.15) is 54.0 Å². The zero-order valence-electron chi connectivity index (χ0n) is 23.0. The van der Waals surface area contributed by atoms with Gasteiger partial charge in [0.05, 0.1) is 19.6 Å². The average Bonchev–Trinajstić information content (AvgIpc) is 3.18. The highest BCUT2D eigenvalue weighted by molar-refractivity contribution is 6.29. The molecule has 9 unspecified atom stereocenters. The van der Waals surface area contributed by atoms with E-state index in [0.717, 1.165) is 11.0 Å². The monoisotopic (exact) mass is 626 g/mol. The molecule has 43 heavy (non-hydrogen) atoms. The van der Waals surface area contributed by atoms with E-state index >= 15 is 0 Å². The second-order valence-electron chi connectivity index (χ2n) is 9.92. The number of hydrogen-bond acceptors (Lipinski definition) is 12. The van der Waals surface area contributed by atoms with Crippen LogP contribution in [0.2, 0.25) is 0 Å². The second kappa shape index (κ2) is 15.5. The molecule has 14 nitrogen and oxygen atoms in total. The van der Waals surface area contributed by atoms with Crippen molar-refractivity contribution in [1.29, 1.82) is 0 Å². The van der Waals surface area contributed by atoms with E-state index in [2.05, 4.69) is 0 Å². The van der Waals surface area contributed by atoms with Crippen molar-refractivity contribution in [1.82, 2.24) is 4.90 Å². The van der Waals surface area contributed by atoms with Crippen molar-refractivity contribution in [3.8, 4) is 0 Å². The Bertz CT molecular complexity index is 1220. The van der Waals surface area contributed by atoms with Crippen molar-refractivity contribution in [2.24, 2.45) is 5.73 Å². The van der Waals surface area contributed by atoms with Gasteiger partial charge in [-0.1, -0.05) is 54.1 Å². The minimum Gasteiger partial charge on any atom is -0.507 e. The van der Waals surface area contributed by atoms with E-state index in [9.17, 15) is 45.0 Å². The molecule has 0 aromatic carbocycles. The van der Waals surface area contributed by atoms with Gasteiger partial charge in [-0.3, -0.25) is 19.3 Å². The van der Waals surface area contributed by atoms with E-state index in [-0.39, 0.29) is 0 Å². The minimum absolute atomic E-state index is 0.454. The minimum atomic E-state index is -1.80. The number of primary amides is 1. The van der Waals surface area contributed by atoms with Crippen molar-refractivity contribution >= 4 is 29.2 Å². The number of allylic oxidation sites excluding steroid dienone is 10. The Morgan fingerprint density at radius 1 is 0.953 bits per heavy atom. The van der Waals surface area contributed by atoms with Crippen LogP contribution in [0.5, 0.6) is 0 Å². The van der Waals surface area contributed by atoms with E-state index in [4.69, 9.17) is 31.5 Å². The number of nitrogens with zero attached hydrogens (tertiary/aromatic N) is 1. The number of carbonyl (C=O) groups is 3. The number of halogens is 1. The molecule has 0 aliphatic carbocycles. The summed E-state index contributed by atoms with van der Waals surface area (Å²) in [5.74, 6) is -3.74. The normalized spacial score (nSPS) is 35.7. The van der Waals surface area contributed by atoms with E-state index in [0.29, 0.717) is 5.03 Å². The molecule has 3 aliphatic heterocycles. The van der Waals surface area contributed by atoms with Gasteiger partial charge in [0.15, 0.2) is 18.3 Å². The lowest BCUT2D eigenvalue weighted by molar-refractivity contribution is -0.325. The molecule has 0 bridgehead atoms. The number of Topliss-reactive ketones (excluding diaryl/α,β-unsaturated/α-hetero) is 1. The Morgan fingerprint density at radius 3 is 2.16 bits per heavy atom. The lowest BCUT2D eigenvalue weighted by atomic mass is 10.0. The average molecular weight is 627 g/mol. The van der Waals surface area contributed by atoms with Gasteiger partial charge in [-0.05, 0) is 19.1 Å². The smallest absolute Gasteiger partial charge is 0.264 e. The maximum atomic E-state index is 13.5. The third kappa shape index (κ3) is 8.47. The van der Waals surface area contributed by atoms with Gasteiger partial charge in [0.2, 0.25) is 5.91 Å². The van der Waals surface area contributed by atoms with Crippen LogP contribution in [0, 0.1) is 0 Å². The number of amides is 2. The number of likely N-dealkylation sites (tertiary alicyclic amines) is 1. The maximum absolute atomic E-state index is 13.5. The Morgan fingerprint density at radius 2 is 1.53 bits per heavy atom. The van der Waals surface area contributed by atoms with Crippen molar-refractivity contribution in [3.63, 3.8) is 0 Å². The zero-order valence-corrected chi connectivity index (χ0v) is 23.8. The summed E-state index contributed by atoms with van der Waals surface area (Å²) in [6.45, 7) is 0.752. The lowest BCUT2D eigenvalue weighted by Crippen LogP contribution is -2.64. The fourth-order valence-corrected chi connectivity index (χ4v) is 4.61. The van der Waals surface area contributed by atoms with Gasteiger partial charge in [-0.2, -0.15) is 0 Å². The summed E-state index contributed by atoms with van der Waals surface area (Å²) in [7, 11) is 0. The van der Waals surface area contributed by atoms with E-state index < -0.39 is 104 Å². The number of aliphatic hydroxyl groups excluding tert-OH is 6. The van der Waals surface area contributed by atoms with Crippen LogP contribution in [0.3, 0.4) is 0 Å².